The zero-order chi connectivity index (χ0) is 18.6. The molecule has 1 unspecified atom stereocenters. The zero-order valence-electron chi connectivity index (χ0n) is 16.1. The van der Waals surface area contributed by atoms with E-state index >= 15 is 0 Å². The number of anilines is 1. The molecule has 0 aromatic heterocycles. The fraction of sp³-hybridized carbons (Fsp3) is 0.600. The average Bonchev–Trinajstić information content (AvgIpc) is 2.54. The molecule has 0 spiro atoms. The molecule has 1 aromatic rings. The molecular weight excluding hydrogens is 314 g/mol. The first kappa shape index (κ1) is 19.4. The highest BCUT2D eigenvalue weighted by Crippen LogP contribution is 2.19. The molecule has 1 saturated heterocycles. The maximum Gasteiger partial charge on any atom is 0.278 e. The van der Waals surface area contributed by atoms with Crippen molar-refractivity contribution in [2.45, 2.75) is 47.1 Å². The second-order valence-corrected chi connectivity index (χ2v) is 7.77. The number of amides is 2. The minimum atomic E-state index is -0.187. The Bertz CT molecular complexity index is 599. The minimum Gasteiger partial charge on any atom is -0.342 e. The maximum atomic E-state index is 12.4. The van der Waals surface area contributed by atoms with Crippen LogP contribution in [0, 0.1) is 25.7 Å². The first-order valence-electron chi connectivity index (χ1n) is 9.26. The summed E-state index contributed by atoms with van der Waals surface area (Å²) in [5, 5.41) is 5.70. The summed E-state index contributed by atoms with van der Waals surface area (Å²) in [6.07, 6.45) is 1.23. The van der Waals surface area contributed by atoms with Crippen LogP contribution in [0.25, 0.3) is 0 Å². The third-order valence-electron chi connectivity index (χ3n) is 5.20. The normalized spacial score (nSPS) is 24.4. The molecule has 0 saturated carbocycles. The Morgan fingerprint density at radius 3 is 2.28 bits per heavy atom. The summed E-state index contributed by atoms with van der Waals surface area (Å²) < 4.78 is 0. The summed E-state index contributed by atoms with van der Waals surface area (Å²) in [7, 11) is 0. The number of para-hydroxylation sites is 1. The standard InChI is InChI=1S/C20H31N3O2/c1-13-9-14(2)12-23(11-13)17(5)20(25)21-10-18(24)22-19-15(3)7-6-8-16(19)4/h6-8,13-14,17H,9-12H2,1-5H3,(H,21,25)(H,22,24)/p+1/t13-,14+,17-/m1/s1. The van der Waals surface area contributed by atoms with E-state index < -0.39 is 0 Å². The summed E-state index contributed by atoms with van der Waals surface area (Å²) >= 11 is 0. The predicted molar refractivity (Wildman–Crippen MR) is 101 cm³/mol. The molecule has 1 fully saturated rings. The molecule has 1 heterocycles. The van der Waals surface area contributed by atoms with E-state index in [2.05, 4.69) is 24.5 Å². The van der Waals surface area contributed by atoms with Gasteiger partial charge in [0.25, 0.3) is 5.91 Å². The molecule has 1 aliphatic rings. The van der Waals surface area contributed by atoms with Crippen molar-refractivity contribution >= 4 is 17.5 Å². The number of likely N-dealkylation sites (tertiary alicyclic amines) is 1. The largest absolute Gasteiger partial charge is 0.342 e. The van der Waals surface area contributed by atoms with Crippen molar-refractivity contribution in [2.24, 2.45) is 11.8 Å². The molecule has 3 N–H and O–H groups in total. The summed E-state index contributed by atoms with van der Waals surface area (Å²) in [6, 6.07) is 5.77. The molecule has 5 nitrogen and oxygen atoms in total. The molecule has 25 heavy (non-hydrogen) atoms. The van der Waals surface area contributed by atoms with Crippen LogP contribution in [0.4, 0.5) is 5.69 Å². The summed E-state index contributed by atoms with van der Waals surface area (Å²) in [5.41, 5.74) is 2.88. The van der Waals surface area contributed by atoms with Gasteiger partial charge in [0.1, 0.15) is 0 Å². The lowest BCUT2D eigenvalue weighted by molar-refractivity contribution is -0.925. The molecule has 1 aliphatic heterocycles. The van der Waals surface area contributed by atoms with Gasteiger partial charge in [-0.25, -0.2) is 0 Å². The van der Waals surface area contributed by atoms with Gasteiger partial charge in [0.05, 0.1) is 19.6 Å². The second kappa shape index (κ2) is 8.48. The molecule has 0 bridgehead atoms. The number of carbonyl (C=O) groups excluding carboxylic acids is 2. The van der Waals surface area contributed by atoms with Gasteiger partial charge in [-0.3, -0.25) is 9.59 Å². The van der Waals surface area contributed by atoms with Gasteiger partial charge >= 0.3 is 0 Å². The smallest absolute Gasteiger partial charge is 0.278 e. The molecule has 0 radical (unpaired) electrons. The number of carbonyl (C=O) groups is 2. The monoisotopic (exact) mass is 346 g/mol. The number of hydrogen-bond donors (Lipinski definition) is 3. The Morgan fingerprint density at radius 2 is 1.72 bits per heavy atom. The molecule has 2 amide bonds. The van der Waals surface area contributed by atoms with Crippen LogP contribution in [0.3, 0.4) is 0 Å². The number of benzene rings is 1. The quantitative estimate of drug-likeness (QED) is 0.753. The number of rotatable bonds is 5. The number of hydrogen-bond acceptors (Lipinski definition) is 2. The second-order valence-electron chi connectivity index (χ2n) is 7.77. The first-order valence-corrected chi connectivity index (χ1v) is 9.26. The van der Waals surface area contributed by atoms with Crippen LogP contribution < -0.4 is 15.5 Å². The van der Waals surface area contributed by atoms with Gasteiger partial charge in [-0.15, -0.1) is 0 Å². The Balaban J connectivity index is 1.85. The van der Waals surface area contributed by atoms with Gasteiger partial charge in [-0.05, 0) is 38.3 Å². The van der Waals surface area contributed by atoms with E-state index in [-0.39, 0.29) is 24.4 Å². The van der Waals surface area contributed by atoms with E-state index in [9.17, 15) is 9.59 Å². The van der Waals surface area contributed by atoms with Crippen LogP contribution in [0.1, 0.15) is 38.3 Å². The van der Waals surface area contributed by atoms with Crippen molar-refractivity contribution in [3.05, 3.63) is 29.3 Å². The highest BCUT2D eigenvalue weighted by atomic mass is 16.2. The van der Waals surface area contributed by atoms with Crippen molar-refractivity contribution in [1.29, 1.82) is 0 Å². The van der Waals surface area contributed by atoms with Crippen molar-refractivity contribution in [3.63, 3.8) is 0 Å². The average molecular weight is 346 g/mol. The van der Waals surface area contributed by atoms with Crippen molar-refractivity contribution in [2.75, 3.05) is 25.0 Å². The third kappa shape index (κ3) is 5.30. The van der Waals surface area contributed by atoms with Gasteiger partial charge in [0, 0.05) is 17.5 Å². The van der Waals surface area contributed by atoms with E-state index in [1.807, 2.05) is 39.0 Å². The highest BCUT2D eigenvalue weighted by molar-refractivity contribution is 5.96. The Kier molecular flexibility index (Phi) is 6.59. The van der Waals surface area contributed by atoms with Crippen LogP contribution in [0.2, 0.25) is 0 Å². The Hall–Kier alpha value is -1.88. The Morgan fingerprint density at radius 1 is 1.16 bits per heavy atom. The molecule has 5 heteroatoms. The Labute approximate surface area is 151 Å². The van der Waals surface area contributed by atoms with Crippen LogP contribution in [0.5, 0.6) is 0 Å². The molecule has 4 atom stereocenters. The van der Waals surface area contributed by atoms with Gasteiger partial charge in [0.2, 0.25) is 5.91 Å². The number of quaternary nitrogens is 1. The van der Waals surface area contributed by atoms with Gasteiger partial charge in [0.15, 0.2) is 6.04 Å². The topological polar surface area (TPSA) is 62.6 Å². The number of nitrogens with one attached hydrogen (secondary N) is 3. The lowest BCUT2D eigenvalue weighted by Gasteiger charge is -2.35. The summed E-state index contributed by atoms with van der Waals surface area (Å²) in [6.45, 7) is 12.4. The maximum absolute atomic E-state index is 12.4. The van der Waals surface area contributed by atoms with E-state index in [1.54, 1.807) is 0 Å². The zero-order valence-corrected chi connectivity index (χ0v) is 16.1. The summed E-state index contributed by atoms with van der Waals surface area (Å²) in [4.78, 5) is 25.9. The lowest BCUT2D eigenvalue weighted by atomic mass is 9.91. The van der Waals surface area contributed by atoms with Crippen molar-refractivity contribution in [1.82, 2.24) is 5.32 Å². The van der Waals surface area contributed by atoms with Gasteiger partial charge < -0.3 is 15.5 Å². The number of aryl methyl sites for hydroxylation is 2. The SMILES string of the molecule is Cc1cccc(C)c1NC(=O)CNC(=O)[C@@H](C)[NH+]1C[C@H](C)C[C@H](C)C1. The van der Waals surface area contributed by atoms with E-state index in [0.717, 1.165) is 29.9 Å². The predicted octanol–water partition coefficient (Wildman–Crippen LogP) is 1.31. The molecule has 138 valence electrons. The third-order valence-corrected chi connectivity index (χ3v) is 5.20. The van der Waals surface area contributed by atoms with E-state index in [4.69, 9.17) is 0 Å². The van der Waals surface area contributed by atoms with E-state index in [0.29, 0.717) is 11.8 Å². The minimum absolute atomic E-state index is 0.00926. The first-order chi connectivity index (χ1) is 11.8. The molecular formula is C20H32N3O2+. The molecule has 1 aromatic carbocycles. The van der Waals surface area contributed by atoms with Gasteiger partial charge in [-0.2, -0.15) is 0 Å². The van der Waals surface area contributed by atoms with Crippen LogP contribution in [0.15, 0.2) is 18.2 Å². The van der Waals surface area contributed by atoms with Crippen LogP contribution in [-0.4, -0.2) is 37.5 Å². The van der Waals surface area contributed by atoms with Crippen molar-refractivity contribution < 1.29 is 14.5 Å². The molecule has 0 aliphatic carbocycles. The molecule has 2 rings (SSSR count). The van der Waals surface area contributed by atoms with E-state index in [1.165, 1.54) is 11.3 Å². The van der Waals surface area contributed by atoms with Crippen LogP contribution in [-0.2, 0) is 9.59 Å². The number of piperidine rings is 1. The summed E-state index contributed by atoms with van der Waals surface area (Å²) in [5.74, 6) is 1.05. The fourth-order valence-electron chi connectivity index (χ4n) is 3.89. The van der Waals surface area contributed by atoms with Crippen molar-refractivity contribution in [3.8, 4) is 0 Å². The highest BCUT2D eigenvalue weighted by Gasteiger charge is 2.32. The lowest BCUT2D eigenvalue weighted by Crippen LogP contribution is -3.18. The van der Waals surface area contributed by atoms with Gasteiger partial charge in [-0.1, -0.05) is 32.0 Å². The fourth-order valence-corrected chi connectivity index (χ4v) is 3.89. The van der Waals surface area contributed by atoms with Crippen LogP contribution >= 0.6 is 0 Å².